The number of benzene rings is 1. The zero-order chi connectivity index (χ0) is 13.0. The van der Waals surface area contributed by atoms with E-state index in [0.29, 0.717) is 6.04 Å². The van der Waals surface area contributed by atoms with Crippen LogP contribution in [-0.2, 0) is 0 Å². The third-order valence-corrected chi connectivity index (χ3v) is 3.93. The van der Waals surface area contributed by atoms with E-state index < -0.39 is 0 Å². The fourth-order valence-electron chi connectivity index (χ4n) is 2.14. The average Bonchev–Trinajstić information content (AvgIpc) is 3.17. The minimum Gasteiger partial charge on any atom is -0.314 e. The van der Waals surface area contributed by atoms with E-state index in [2.05, 4.69) is 36.3 Å². The number of hydrogen-bond acceptors (Lipinski definition) is 2. The van der Waals surface area contributed by atoms with E-state index in [1.54, 1.807) is 0 Å². The molecule has 0 bridgehead atoms. The van der Waals surface area contributed by atoms with Gasteiger partial charge in [0.2, 0.25) is 0 Å². The summed E-state index contributed by atoms with van der Waals surface area (Å²) in [6.45, 7) is 4.49. The minimum absolute atomic E-state index is 0.421. The quantitative estimate of drug-likeness (QED) is 0.761. The van der Waals surface area contributed by atoms with Crippen LogP contribution in [0.15, 0.2) is 24.3 Å². The first-order valence-electron chi connectivity index (χ1n) is 6.86. The second-order valence-electron chi connectivity index (χ2n) is 5.29. The Balaban J connectivity index is 1.74. The molecule has 0 aromatic heterocycles. The van der Waals surface area contributed by atoms with E-state index in [9.17, 15) is 0 Å². The average molecular weight is 267 g/mol. The molecular weight excluding hydrogens is 244 g/mol. The Bertz CT molecular complexity index is 377. The molecule has 1 unspecified atom stereocenters. The van der Waals surface area contributed by atoms with Crippen molar-refractivity contribution in [1.82, 2.24) is 10.2 Å². The lowest BCUT2D eigenvalue weighted by molar-refractivity contribution is 0.257. The predicted octanol–water partition coefficient (Wildman–Crippen LogP) is 3.47. The topological polar surface area (TPSA) is 15.3 Å². The number of nitrogens with one attached hydrogen (secondary N) is 1. The summed E-state index contributed by atoms with van der Waals surface area (Å²) >= 11 is 6.03. The molecule has 3 heteroatoms. The van der Waals surface area contributed by atoms with Crippen molar-refractivity contribution in [2.45, 2.75) is 38.3 Å². The Morgan fingerprint density at radius 1 is 1.44 bits per heavy atom. The monoisotopic (exact) mass is 266 g/mol. The van der Waals surface area contributed by atoms with Gasteiger partial charge in [-0.15, -0.1) is 0 Å². The molecule has 1 aliphatic carbocycles. The smallest absolute Gasteiger partial charge is 0.0409 e. The summed E-state index contributed by atoms with van der Waals surface area (Å²) in [5, 5.41) is 4.37. The molecule has 0 heterocycles. The molecule has 1 aromatic rings. The molecule has 1 aliphatic rings. The zero-order valence-electron chi connectivity index (χ0n) is 11.3. The SMILES string of the molecule is CC(c1cccc(Cl)c1)N(C)CCCNC1CC1. The first-order valence-corrected chi connectivity index (χ1v) is 7.23. The van der Waals surface area contributed by atoms with Gasteiger partial charge in [-0.25, -0.2) is 0 Å². The van der Waals surface area contributed by atoms with Gasteiger partial charge in [0.05, 0.1) is 0 Å². The van der Waals surface area contributed by atoms with Gasteiger partial charge in [0.15, 0.2) is 0 Å². The van der Waals surface area contributed by atoms with Gasteiger partial charge in [0, 0.05) is 17.1 Å². The van der Waals surface area contributed by atoms with Crippen LogP contribution >= 0.6 is 11.6 Å². The molecule has 0 aliphatic heterocycles. The Morgan fingerprint density at radius 2 is 2.22 bits per heavy atom. The maximum atomic E-state index is 6.03. The molecule has 1 aromatic carbocycles. The van der Waals surface area contributed by atoms with Gasteiger partial charge in [0.25, 0.3) is 0 Å². The lowest BCUT2D eigenvalue weighted by atomic mass is 10.1. The number of halogens is 1. The van der Waals surface area contributed by atoms with E-state index in [-0.39, 0.29) is 0 Å². The standard InChI is InChI=1S/C15H23ClN2/c1-12(13-5-3-6-14(16)11-13)18(2)10-4-9-17-15-7-8-15/h3,5-6,11-12,15,17H,4,7-10H2,1-2H3. The van der Waals surface area contributed by atoms with Crippen molar-refractivity contribution in [1.29, 1.82) is 0 Å². The summed E-state index contributed by atoms with van der Waals surface area (Å²) in [6.07, 6.45) is 3.95. The highest BCUT2D eigenvalue weighted by Gasteiger charge is 2.19. The van der Waals surface area contributed by atoms with Crippen LogP contribution in [-0.4, -0.2) is 31.1 Å². The highest BCUT2D eigenvalue weighted by atomic mass is 35.5. The van der Waals surface area contributed by atoms with Crippen molar-refractivity contribution in [2.24, 2.45) is 0 Å². The molecule has 18 heavy (non-hydrogen) atoms. The van der Waals surface area contributed by atoms with Crippen molar-refractivity contribution < 1.29 is 0 Å². The van der Waals surface area contributed by atoms with Gasteiger partial charge in [-0.1, -0.05) is 23.7 Å². The van der Waals surface area contributed by atoms with Gasteiger partial charge in [-0.05, 0) is 64.0 Å². The fraction of sp³-hybridized carbons (Fsp3) is 0.600. The molecule has 0 saturated heterocycles. The Kier molecular flexibility index (Phi) is 5.04. The second kappa shape index (κ2) is 6.55. The number of nitrogens with zero attached hydrogens (tertiary/aromatic N) is 1. The van der Waals surface area contributed by atoms with E-state index in [1.165, 1.54) is 24.8 Å². The first-order chi connectivity index (χ1) is 8.66. The van der Waals surface area contributed by atoms with Crippen molar-refractivity contribution >= 4 is 11.6 Å². The third kappa shape index (κ3) is 4.27. The maximum absolute atomic E-state index is 6.03. The first kappa shape index (κ1) is 13.9. The summed E-state index contributed by atoms with van der Waals surface area (Å²) < 4.78 is 0. The Morgan fingerprint density at radius 3 is 2.89 bits per heavy atom. The Labute approximate surface area is 115 Å². The highest BCUT2D eigenvalue weighted by molar-refractivity contribution is 6.30. The van der Waals surface area contributed by atoms with E-state index in [4.69, 9.17) is 11.6 Å². The van der Waals surface area contributed by atoms with Crippen LogP contribution in [0.4, 0.5) is 0 Å². The maximum Gasteiger partial charge on any atom is 0.0409 e. The van der Waals surface area contributed by atoms with Gasteiger partial charge >= 0.3 is 0 Å². The number of rotatable bonds is 7. The molecule has 100 valence electrons. The third-order valence-electron chi connectivity index (χ3n) is 3.69. The van der Waals surface area contributed by atoms with Crippen LogP contribution in [0.25, 0.3) is 0 Å². The van der Waals surface area contributed by atoms with Crippen LogP contribution in [0.5, 0.6) is 0 Å². The number of hydrogen-bond donors (Lipinski definition) is 1. The van der Waals surface area contributed by atoms with Gasteiger partial charge < -0.3 is 5.32 Å². The second-order valence-corrected chi connectivity index (χ2v) is 5.73. The molecular formula is C15H23ClN2. The summed E-state index contributed by atoms with van der Waals surface area (Å²) in [5.74, 6) is 0. The molecule has 0 spiro atoms. The highest BCUT2D eigenvalue weighted by Crippen LogP contribution is 2.22. The van der Waals surface area contributed by atoms with Crippen LogP contribution in [0.1, 0.15) is 37.8 Å². The molecule has 1 atom stereocenters. The van der Waals surface area contributed by atoms with Crippen molar-refractivity contribution in [3.05, 3.63) is 34.9 Å². The zero-order valence-corrected chi connectivity index (χ0v) is 12.1. The molecule has 0 amide bonds. The largest absolute Gasteiger partial charge is 0.314 e. The van der Waals surface area contributed by atoms with Crippen LogP contribution in [0.2, 0.25) is 5.02 Å². The van der Waals surface area contributed by atoms with E-state index in [1.807, 2.05) is 12.1 Å². The molecule has 1 fully saturated rings. The van der Waals surface area contributed by atoms with Crippen molar-refractivity contribution in [3.8, 4) is 0 Å². The van der Waals surface area contributed by atoms with E-state index >= 15 is 0 Å². The molecule has 2 rings (SSSR count). The normalized spacial score (nSPS) is 17.1. The van der Waals surface area contributed by atoms with Gasteiger partial charge in [-0.2, -0.15) is 0 Å². The summed E-state index contributed by atoms with van der Waals surface area (Å²) in [7, 11) is 2.18. The predicted molar refractivity (Wildman–Crippen MR) is 78.1 cm³/mol. The Hall–Kier alpha value is -0.570. The van der Waals surface area contributed by atoms with E-state index in [0.717, 1.165) is 24.2 Å². The summed E-state index contributed by atoms with van der Waals surface area (Å²) in [5.41, 5.74) is 1.29. The lowest BCUT2D eigenvalue weighted by Gasteiger charge is -2.25. The minimum atomic E-state index is 0.421. The molecule has 1 N–H and O–H groups in total. The molecule has 1 saturated carbocycles. The van der Waals surface area contributed by atoms with Crippen LogP contribution in [0, 0.1) is 0 Å². The van der Waals surface area contributed by atoms with Gasteiger partial charge in [0.1, 0.15) is 0 Å². The fourth-order valence-corrected chi connectivity index (χ4v) is 2.34. The molecule has 0 radical (unpaired) electrons. The van der Waals surface area contributed by atoms with Crippen molar-refractivity contribution in [3.63, 3.8) is 0 Å². The van der Waals surface area contributed by atoms with Crippen molar-refractivity contribution in [2.75, 3.05) is 20.1 Å². The lowest BCUT2D eigenvalue weighted by Crippen LogP contribution is -2.27. The summed E-state index contributed by atoms with van der Waals surface area (Å²) in [6, 6.07) is 9.40. The van der Waals surface area contributed by atoms with Crippen LogP contribution in [0.3, 0.4) is 0 Å². The summed E-state index contributed by atoms with van der Waals surface area (Å²) in [4.78, 5) is 2.39. The van der Waals surface area contributed by atoms with Gasteiger partial charge in [-0.3, -0.25) is 4.90 Å². The van der Waals surface area contributed by atoms with Crippen LogP contribution < -0.4 is 5.32 Å². The molecule has 2 nitrogen and oxygen atoms in total.